The van der Waals surface area contributed by atoms with E-state index in [-0.39, 0.29) is 0 Å². The summed E-state index contributed by atoms with van der Waals surface area (Å²) in [6.07, 6.45) is 0. The molecule has 2 heterocycles. The van der Waals surface area contributed by atoms with Gasteiger partial charge in [-0.3, -0.25) is 4.68 Å². The van der Waals surface area contributed by atoms with Gasteiger partial charge in [0, 0.05) is 7.05 Å². The normalized spacial score (nSPS) is 11.0. The van der Waals surface area contributed by atoms with Crippen LogP contribution in [0.3, 0.4) is 0 Å². The summed E-state index contributed by atoms with van der Waals surface area (Å²) < 4.78 is 2.41. The van der Waals surface area contributed by atoms with Gasteiger partial charge in [0.2, 0.25) is 0 Å². The van der Waals surface area contributed by atoms with Gasteiger partial charge in [0.15, 0.2) is 5.82 Å². The molecule has 0 unspecified atom stereocenters. The maximum Gasteiger partial charge on any atom is 0.172 e. The molecule has 0 aliphatic carbocycles. The van der Waals surface area contributed by atoms with Crippen molar-refractivity contribution in [1.29, 1.82) is 0 Å². The number of rotatable bonds is 0. The average molecular weight is 262 g/mol. The third kappa shape index (κ3) is 1.28. The summed E-state index contributed by atoms with van der Waals surface area (Å²) in [4.78, 5) is 4.11. The van der Waals surface area contributed by atoms with Crippen molar-refractivity contribution < 1.29 is 0 Å². The highest BCUT2D eigenvalue weighted by atomic mass is 79.9. The number of hydrogen-bond acceptors (Lipinski definition) is 3. The summed E-state index contributed by atoms with van der Waals surface area (Å²) in [6, 6.07) is 1.84. The Morgan fingerprint density at radius 2 is 2.31 bits per heavy atom. The molecule has 0 saturated carbocycles. The van der Waals surface area contributed by atoms with Crippen molar-refractivity contribution in [3.63, 3.8) is 0 Å². The number of fused-ring (bicyclic) bond motifs is 1. The molecule has 0 aliphatic rings. The lowest BCUT2D eigenvalue weighted by Gasteiger charge is -1.96. The lowest BCUT2D eigenvalue weighted by Crippen LogP contribution is -1.91. The van der Waals surface area contributed by atoms with Crippen LogP contribution in [-0.4, -0.2) is 14.8 Å². The van der Waals surface area contributed by atoms with E-state index >= 15 is 0 Å². The maximum absolute atomic E-state index is 5.82. The molecule has 2 rings (SSSR count). The van der Waals surface area contributed by atoms with Crippen LogP contribution in [0.1, 0.15) is 0 Å². The van der Waals surface area contributed by atoms with Gasteiger partial charge in [-0.25, -0.2) is 4.98 Å². The predicted molar refractivity (Wildman–Crippen MR) is 55.6 cm³/mol. The summed E-state index contributed by atoms with van der Waals surface area (Å²) in [5, 5.41) is 4.42. The number of nitrogens with two attached hydrogens (primary N) is 1. The Bertz CT molecular complexity index is 437. The molecule has 0 aliphatic heterocycles. The van der Waals surface area contributed by atoms with Gasteiger partial charge in [-0.2, -0.15) is 5.10 Å². The average Bonchev–Trinajstić information content (AvgIpc) is 2.31. The third-order valence-electron chi connectivity index (χ3n) is 1.76. The van der Waals surface area contributed by atoms with Crippen LogP contribution in [0.25, 0.3) is 11.0 Å². The van der Waals surface area contributed by atoms with E-state index in [9.17, 15) is 0 Å². The van der Waals surface area contributed by atoms with E-state index in [1.54, 1.807) is 11.7 Å². The van der Waals surface area contributed by atoms with E-state index < -0.39 is 0 Å². The standard InChI is InChI=1S/C7H6BrClN4/c1-13-4-2-3(8)6(9)11-5(4)7(10)12-13/h2H,1H3,(H2,10,12). The topological polar surface area (TPSA) is 56.7 Å². The summed E-state index contributed by atoms with van der Waals surface area (Å²) in [6.45, 7) is 0. The Morgan fingerprint density at radius 1 is 1.62 bits per heavy atom. The van der Waals surface area contributed by atoms with E-state index in [2.05, 4.69) is 26.0 Å². The molecule has 0 atom stereocenters. The minimum Gasteiger partial charge on any atom is -0.380 e. The number of anilines is 1. The first-order chi connectivity index (χ1) is 6.09. The zero-order valence-electron chi connectivity index (χ0n) is 6.75. The Balaban J connectivity index is 2.91. The number of halogens is 2. The van der Waals surface area contributed by atoms with Gasteiger partial charge in [-0.15, -0.1) is 0 Å². The van der Waals surface area contributed by atoms with Crippen LogP contribution in [0.15, 0.2) is 10.5 Å². The molecule has 0 saturated heterocycles. The van der Waals surface area contributed by atoms with E-state index in [0.717, 1.165) is 9.99 Å². The quantitative estimate of drug-likeness (QED) is 0.738. The van der Waals surface area contributed by atoms with Crippen LogP contribution in [0.2, 0.25) is 5.15 Å². The molecule has 0 bridgehead atoms. The second-order valence-electron chi connectivity index (χ2n) is 2.64. The highest BCUT2D eigenvalue weighted by Crippen LogP contribution is 2.27. The molecule has 4 nitrogen and oxygen atoms in total. The Hall–Kier alpha value is -0.810. The smallest absolute Gasteiger partial charge is 0.172 e. The zero-order valence-corrected chi connectivity index (χ0v) is 9.09. The first-order valence-corrected chi connectivity index (χ1v) is 4.71. The number of hydrogen-bond donors (Lipinski definition) is 1. The molecule has 0 radical (unpaired) electrons. The van der Waals surface area contributed by atoms with Crippen LogP contribution in [-0.2, 0) is 7.05 Å². The lowest BCUT2D eigenvalue weighted by atomic mass is 10.4. The Morgan fingerprint density at radius 3 is 3.00 bits per heavy atom. The molecule has 0 fully saturated rings. The highest BCUT2D eigenvalue weighted by molar-refractivity contribution is 9.10. The molecule has 2 N–H and O–H groups in total. The lowest BCUT2D eigenvalue weighted by molar-refractivity contribution is 0.802. The molecular weight excluding hydrogens is 255 g/mol. The zero-order chi connectivity index (χ0) is 9.59. The highest BCUT2D eigenvalue weighted by Gasteiger charge is 2.09. The monoisotopic (exact) mass is 260 g/mol. The summed E-state index contributed by atoms with van der Waals surface area (Å²) in [5.41, 5.74) is 7.12. The fraction of sp³-hybridized carbons (Fsp3) is 0.143. The number of pyridine rings is 1. The van der Waals surface area contributed by atoms with Gasteiger partial charge in [0.1, 0.15) is 10.7 Å². The molecule has 0 aromatic carbocycles. The SMILES string of the molecule is Cn1nc(N)c2nc(Cl)c(Br)cc21. The molecule has 2 aromatic heterocycles. The summed E-state index contributed by atoms with van der Waals surface area (Å²) >= 11 is 9.10. The van der Waals surface area contributed by atoms with Gasteiger partial charge in [0.25, 0.3) is 0 Å². The van der Waals surface area contributed by atoms with Gasteiger partial charge in [-0.1, -0.05) is 11.6 Å². The second kappa shape index (κ2) is 2.85. The van der Waals surface area contributed by atoms with Crippen LogP contribution in [0, 0.1) is 0 Å². The third-order valence-corrected chi connectivity index (χ3v) is 2.88. The molecule has 13 heavy (non-hydrogen) atoms. The molecule has 0 spiro atoms. The number of nitrogens with zero attached hydrogens (tertiary/aromatic N) is 3. The first-order valence-electron chi connectivity index (χ1n) is 3.54. The van der Waals surface area contributed by atoms with Gasteiger partial charge in [0.05, 0.1) is 9.99 Å². The number of aryl methyl sites for hydroxylation is 1. The largest absolute Gasteiger partial charge is 0.380 e. The number of nitrogen functional groups attached to an aromatic ring is 1. The van der Waals surface area contributed by atoms with E-state index in [4.69, 9.17) is 17.3 Å². The van der Waals surface area contributed by atoms with Crippen molar-refractivity contribution in [2.24, 2.45) is 7.05 Å². The van der Waals surface area contributed by atoms with E-state index in [1.165, 1.54) is 0 Å². The van der Waals surface area contributed by atoms with Gasteiger partial charge >= 0.3 is 0 Å². The minimum absolute atomic E-state index is 0.395. The van der Waals surface area contributed by atoms with Crippen LogP contribution in [0.4, 0.5) is 5.82 Å². The van der Waals surface area contributed by atoms with Crippen LogP contribution < -0.4 is 5.73 Å². The fourth-order valence-electron chi connectivity index (χ4n) is 1.15. The van der Waals surface area contributed by atoms with E-state index in [1.807, 2.05) is 6.07 Å². The van der Waals surface area contributed by atoms with Crippen molar-refractivity contribution in [3.8, 4) is 0 Å². The van der Waals surface area contributed by atoms with Crippen molar-refractivity contribution in [1.82, 2.24) is 14.8 Å². The molecular formula is C7H6BrClN4. The van der Waals surface area contributed by atoms with Crippen LogP contribution in [0.5, 0.6) is 0 Å². The number of aromatic nitrogens is 3. The first kappa shape index (κ1) is 8.77. The maximum atomic E-state index is 5.82. The predicted octanol–water partition coefficient (Wildman–Crippen LogP) is 1.97. The Kier molecular flexibility index (Phi) is 1.92. The molecule has 6 heteroatoms. The van der Waals surface area contributed by atoms with Crippen molar-refractivity contribution in [2.75, 3.05) is 5.73 Å². The Labute approximate surface area is 87.8 Å². The second-order valence-corrected chi connectivity index (χ2v) is 3.85. The summed E-state index contributed by atoms with van der Waals surface area (Å²) in [7, 11) is 1.81. The molecule has 2 aromatic rings. The van der Waals surface area contributed by atoms with E-state index in [0.29, 0.717) is 16.5 Å². The molecule has 0 amide bonds. The van der Waals surface area contributed by atoms with Crippen molar-refractivity contribution in [2.45, 2.75) is 0 Å². The van der Waals surface area contributed by atoms with Crippen molar-refractivity contribution in [3.05, 3.63) is 15.7 Å². The van der Waals surface area contributed by atoms with Gasteiger partial charge < -0.3 is 5.73 Å². The van der Waals surface area contributed by atoms with Crippen LogP contribution >= 0.6 is 27.5 Å². The summed E-state index contributed by atoms with van der Waals surface area (Å²) in [5.74, 6) is 0.395. The van der Waals surface area contributed by atoms with Crippen molar-refractivity contribution >= 4 is 44.4 Å². The molecule has 68 valence electrons. The fourth-order valence-corrected chi connectivity index (χ4v) is 1.60. The van der Waals surface area contributed by atoms with Gasteiger partial charge in [-0.05, 0) is 22.0 Å². The minimum atomic E-state index is 0.395.